The summed E-state index contributed by atoms with van der Waals surface area (Å²) in [6.07, 6.45) is 3.98. The van der Waals surface area contributed by atoms with Crippen LogP contribution in [0.2, 0.25) is 0 Å². The van der Waals surface area contributed by atoms with Crippen LogP contribution in [0.1, 0.15) is 49.1 Å². The summed E-state index contributed by atoms with van der Waals surface area (Å²) >= 11 is 0. The van der Waals surface area contributed by atoms with Crippen molar-refractivity contribution in [3.8, 4) is 0 Å². The molecule has 0 aromatic heterocycles. The van der Waals surface area contributed by atoms with Crippen molar-refractivity contribution in [3.05, 3.63) is 65.7 Å². The summed E-state index contributed by atoms with van der Waals surface area (Å²) in [6, 6.07) is 17.1. The van der Waals surface area contributed by atoms with Crippen molar-refractivity contribution in [3.63, 3.8) is 0 Å². The molecule has 2 atom stereocenters. The van der Waals surface area contributed by atoms with E-state index in [9.17, 15) is 13.5 Å². The van der Waals surface area contributed by atoms with E-state index in [0.717, 1.165) is 43.2 Å². The summed E-state index contributed by atoms with van der Waals surface area (Å²) in [5, 5.41) is 11.5. The van der Waals surface area contributed by atoms with Crippen molar-refractivity contribution in [2.75, 3.05) is 5.75 Å². The highest BCUT2D eigenvalue weighted by molar-refractivity contribution is 7.91. The molecule has 3 nitrogen and oxygen atoms in total. The van der Waals surface area contributed by atoms with Crippen molar-refractivity contribution in [1.82, 2.24) is 0 Å². The molecule has 4 heteroatoms. The summed E-state index contributed by atoms with van der Waals surface area (Å²) in [5.41, 5.74) is 1.18. The van der Waals surface area contributed by atoms with Crippen LogP contribution < -0.4 is 0 Å². The van der Waals surface area contributed by atoms with Crippen molar-refractivity contribution < 1.29 is 13.5 Å². The van der Waals surface area contributed by atoms with Gasteiger partial charge in [0.15, 0.2) is 9.84 Å². The summed E-state index contributed by atoms with van der Waals surface area (Å²) in [5.74, 6) is -0.241. The SMILES string of the molecule is O=S1(=O)CC2(CCCCC2)[C@@H](O)C(c2ccccc2)c2ccccc21. The summed E-state index contributed by atoms with van der Waals surface area (Å²) < 4.78 is 26.4. The van der Waals surface area contributed by atoms with Crippen LogP contribution in [0.5, 0.6) is 0 Å². The Morgan fingerprint density at radius 3 is 2.24 bits per heavy atom. The molecule has 4 rings (SSSR count). The van der Waals surface area contributed by atoms with Crippen molar-refractivity contribution >= 4 is 9.84 Å². The molecule has 1 N–H and O–H groups in total. The van der Waals surface area contributed by atoms with Crippen molar-refractivity contribution in [2.24, 2.45) is 5.41 Å². The van der Waals surface area contributed by atoms with Gasteiger partial charge in [-0.25, -0.2) is 8.42 Å². The zero-order valence-corrected chi connectivity index (χ0v) is 15.1. The number of rotatable bonds is 1. The van der Waals surface area contributed by atoms with Crippen LogP contribution in [0, 0.1) is 5.41 Å². The number of benzene rings is 2. The maximum Gasteiger partial charge on any atom is 0.179 e. The molecule has 2 aromatic carbocycles. The van der Waals surface area contributed by atoms with Gasteiger partial charge in [-0.2, -0.15) is 0 Å². The van der Waals surface area contributed by atoms with E-state index in [1.165, 1.54) is 0 Å². The van der Waals surface area contributed by atoms with E-state index in [0.29, 0.717) is 4.90 Å². The topological polar surface area (TPSA) is 54.4 Å². The third kappa shape index (κ3) is 2.81. The smallest absolute Gasteiger partial charge is 0.179 e. The molecule has 1 heterocycles. The van der Waals surface area contributed by atoms with E-state index in [-0.39, 0.29) is 11.7 Å². The van der Waals surface area contributed by atoms with Gasteiger partial charge in [0.05, 0.1) is 16.8 Å². The lowest BCUT2D eigenvalue weighted by atomic mass is 9.66. The highest BCUT2D eigenvalue weighted by Gasteiger charge is 2.50. The molecular formula is C21H24O3S. The van der Waals surface area contributed by atoms with Gasteiger partial charge in [-0.3, -0.25) is 0 Å². The Bertz CT molecular complexity index is 852. The Morgan fingerprint density at radius 1 is 0.880 bits per heavy atom. The van der Waals surface area contributed by atoms with Gasteiger partial charge < -0.3 is 5.11 Å². The first kappa shape index (κ1) is 16.8. The molecule has 1 saturated carbocycles. The molecule has 2 aliphatic rings. The van der Waals surface area contributed by atoms with Crippen LogP contribution in [0.15, 0.2) is 59.5 Å². The molecule has 0 bridgehead atoms. The van der Waals surface area contributed by atoms with Crippen LogP contribution in [0.3, 0.4) is 0 Å². The first-order valence-corrected chi connectivity index (χ1v) is 10.7. The van der Waals surface area contributed by atoms with Gasteiger partial charge in [0.1, 0.15) is 0 Å². The van der Waals surface area contributed by atoms with E-state index >= 15 is 0 Å². The van der Waals surface area contributed by atoms with Gasteiger partial charge in [0, 0.05) is 11.3 Å². The van der Waals surface area contributed by atoms with Crippen molar-refractivity contribution in [1.29, 1.82) is 0 Å². The Kier molecular flexibility index (Phi) is 4.20. The number of sulfone groups is 1. The minimum atomic E-state index is -3.42. The molecule has 0 amide bonds. The first-order valence-electron chi connectivity index (χ1n) is 9.08. The number of aliphatic hydroxyl groups is 1. The highest BCUT2D eigenvalue weighted by atomic mass is 32.2. The normalized spacial score (nSPS) is 27.4. The van der Waals surface area contributed by atoms with Crippen molar-refractivity contribution in [2.45, 2.75) is 49.0 Å². The Hall–Kier alpha value is -1.65. The summed E-state index contributed by atoms with van der Waals surface area (Å²) in [4.78, 5) is 0.394. The van der Waals surface area contributed by atoms with E-state index in [1.54, 1.807) is 12.1 Å². The second-order valence-corrected chi connectivity index (χ2v) is 9.51. The predicted octanol–water partition coefficient (Wildman–Crippen LogP) is 3.92. The molecule has 1 fully saturated rings. The van der Waals surface area contributed by atoms with Crippen LogP contribution in [0.25, 0.3) is 0 Å². The molecule has 25 heavy (non-hydrogen) atoms. The standard InChI is InChI=1S/C21H24O3S/c22-20-19(16-9-3-1-4-10-16)17-11-5-6-12-18(17)25(23,24)15-21(20)13-7-2-8-14-21/h1,3-6,9-12,19-20,22H,2,7-8,13-15H2/t19?,20-/m0/s1. The summed E-state index contributed by atoms with van der Waals surface area (Å²) in [6.45, 7) is 0. The summed E-state index contributed by atoms with van der Waals surface area (Å²) in [7, 11) is -3.42. The molecule has 132 valence electrons. The molecule has 2 aromatic rings. The maximum absolute atomic E-state index is 13.2. The first-order chi connectivity index (χ1) is 12.0. The van der Waals surface area contributed by atoms with E-state index in [2.05, 4.69) is 0 Å². The van der Waals surface area contributed by atoms with Crippen LogP contribution in [-0.4, -0.2) is 25.4 Å². The monoisotopic (exact) mass is 356 g/mol. The van der Waals surface area contributed by atoms with Crippen LogP contribution >= 0.6 is 0 Å². The second-order valence-electron chi connectivity index (χ2n) is 7.55. The zero-order valence-electron chi connectivity index (χ0n) is 14.3. The largest absolute Gasteiger partial charge is 0.392 e. The third-order valence-electron chi connectivity index (χ3n) is 6.02. The lowest BCUT2D eigenvalue weighted by Crippen LogP contribution is -2.44. The number of fused-ring (bicyclic) bond motifs is 1. The van der Waals surface area contributed by atoms with Crippen LogP contribution in [0.4, 0.5) is 0 Å². The zero-order chi connectivity index (χ0) is 17.5. The van der Waals surface area contributed by atoms with Gasteiger partial charge in [0.2, 0.25) is 0 Å². The maximum atomic E-state index is 13.2. The molecule has 1 spiro atoms. The van der Waals surface area contributed by atoms with Gasteiger partial charge in [-0.05, 0) is 30.0 Å². The molecule has 1 unspecified atom stereocenters. The number of hydrogen-bond donors (Lipinski definition) is 1. The molecule has 1 aliphatic heterocycles. The number of hydrogen-bond acceptors (Lipinski definition) is 3. The fourth-order valence-corrected chi connectivity index (χ4v) is 7.02. The number of aliphatic hydroxyl groups excluding tert-OH is 1. The predicted molar refractivity (Wildman–Crippen MR) is 98.3 cm³/mol. The minimum absolute atomic E-state index is 0.0571. The molecule has 1 aliphatic carbocycles. The van der Waals surface area contributed by atoms with Gasteiger partial charge >= 0.3 is 0 Å². The lowest BCUT2D eigenvalue weighted by molar-refractivity contribution is 0.00241. The third-order valence-corrected chi connectivity index (χ3v) is 8.01. The minimum Gasteiger partial charge on any atom is -0.392 e. The highest BCUT2D eigenvalue weighted by Crippen LogP contribution is 2.50. The van der Waals surface area contributed by atoms with Gasteiger partial charge in [-0.1, -0.05) is 67.8 Å². The Labute approximate surface area is 149 Å². The quantitative estimate of drug-likeness (QED) is 0.843. The van der Waals surface area contributed by atoms with Gasteiger partial charge in [-0.15, -0.1) is 0 Å². The molecular weight excluding hydrogens is 332 g/mol. The van der Waals surface area contributed by atoms with Gasteiger partial charge in [0.25, 0.3) is 0 Å². The van der Waals surface area contributed by atoms with Crippen LogP contribution in [-0.2, 0) is 9.84 Å². The lowest BCUT2D eigenvalue weighted by Gasteiger charge is -2.42. The van der Waals surface area contributed by atoms with E-state index in [4.69, 9.17) is 0 Å². The Morgan fingerprint density at radius 2 is 1.52 bits per heavy atom. The fraction of sp³-hybridized carbons (Fsp3) is 0.429. The molecule has 0 radical (unpaired) electrons. The average Bonchev–Trinajstić information content (AvgIpc) is 2.69. The fourth-order valence-electron chi connectivity index (χ4n) is 4.80. The average molecular weight is 356 g/mol. The van der Waals surface area contributed by atoms with E-state index < -0.39 is 21.4 Å². The second kappa shape index (κ2) is 6.26. The molecule has 0 saturated heterocycles. The Balaban J connectivity index is 1.96. The van der Waals surface area contributed by atoms with E-state index in [1.807, 2.05) is 42.5 Å².